The molecule has 0 aromatic carbocycles. The number of aliphatic hydroxyl groups is 1. The van der Waals surface area contributed by atoms with Gasteiger partial charge in [-0.3, -0.25) is 0 Å². The molecule has 106 valence electrons. The van der Waals surface area contributed by atoms with Crippen molar-refractivity contribution in [3.05, 3.63) is 17.6 Å². The number of thioether (sulfide) groups is 1. The predicted molar refractivity (Wildman–Crippen MR) is 75.2 cm³/mol. The van der Waals surface area contributed by atoms with Gasteiger partial charge in [-0.05, 0) is 13.0 Å². The van der Waals surface area contributed by atoms with Crippen LogP contribution in [0.2, 0.25) is 0 Å². The molecule has 0 amide bonds. The van der Waals surface area contributed by atoms with Gasteiger partial charge in [0.2, 0.25) is 0 Å². The minimum atomic E-state index is -3.12. The Hall–Kier alpha value is -0.660. The van der Waals surface area contributed by atoms with Crippen LogP contribution >= 0.6 is 11.8 Å². The van der Waals surface area contributed by atoms with Crippen LogP contribution in [0.1, 0.15) is 31.3 Å². The van der Waals surface area contributed by atoms with Gasteiger partial charge in [-0.2, -0.15) is 0 Å². The number of nitrogens with zero attached hydrogens (tertiary/aromatic N) is 2. The molecule has 1 fully saturated rings. The van der Waals surface area contributed by atoms with Gasteiger partial charge in [-0.25, -0.2) is 18.4 Å². The lowest BCUT2D eigenvalue weighted by molar-refractivity contribution is 0.207. The van der Waals surface area contributed by atoms with E-state index in [9.17, 15) is 13.5 Å². The maximum absolute atomic E-state index is 11.5. The average molecular weight is 302 g/mol. The SMILES string of the molecule is Cc1cc(S[C@H]2CS(=O)(=O)C[C@H]2O)nc(C(C)C)n1. The minimum Gasteiger partial charge on any atom is -0.391 e. The second-order valence-electron chi connectivity index (χ2n) is 5.16. The average Bonchev–Trinajstić information content (AvgIpc) is 2.50. The van der Waals surface area contributed by atoms with Crippen molar-refractivity contribution in [3.8, 4) is 0 Å². The molecule has 0 radical (unpaired) electrons. The number of sulfone groups is 1. The van der Waals surface area contributed by atoms with E-state index in [0.717, 1.165) is 16.5 Å². The third-order valence-electron chi connectivity index (χ3n) is 2.91. The van der Waals surface area contributed by atoms with Gasteiger partial charge >= 0.3 is 0 Å². The van der Waals surface area contributed by atoms with Crippen LogP contribution in [0.15, 0.2) is 11.1 Å². The summed E-state index contributed by atoms with van der Waals surface area (Å²) in [5, 5.41) is 10.2. The zero-order valence-electron chi connectivity index (χ0n) is 11.2. The summed E-state index contributed by atoms with van der Waals surface area (Å²) in [6.07, 6.45) is -0.812. The van der Waals surface area contributed by atoms with Gasteiger partial charge in [-0.15, -0.1) is 0 Å². The lowest BCUT2D eigenvalue weighted by Gasteiger charge is -2.13. The molecule has 1 saturated heterocycles. The van der Waals surface area contributed by atoms with E-state index in [2.05, 4.69) is 9.97 Å². The molecule has 0 bridgehead atoms. The quantitative estimate of drug-likeness (QED) is 0.844. The highest BCUT2D eigenvalue weighted by atomic mass is 32.2. The molecule has 0 unspecified atom stereocenters. The van der Waals surface area contributed by atoms with E-state index < -0.39 is 15.9 Å². The van der Waals surface area contributed by atoms with Crippen molar-refractivity contribution in [2.75, 3.05) is 11.5 Å². The first-order chi connectivity index (χ1) is 8.77. The summed E-state index contributed by atoms with van der Waals surface area (Å²) in [7, 11) is -3.12. The molecule has 0 saturated carbocycles. The number of hydrogen-bond donors (Lipinski definition) is 1. The molecule has 0 spiro atoms. The Morgan fingerprint density at radius 3 is 2.58 bits per heavy atom. The topological polar surface area (TPSA) is 80.2 Å². The van der Waals surface area contributed by atoms with E-state index in [-0.39, 0.29) is 22.7 Å². The van der Waals surface area contributed by atoms with Gasteiger partial charge in [0.1, 0.15) is 10.9 Å². The lowest BCUT2D eigenvalue weighted by atomic mass is 10.2. The maximum Gasteiger partial charge on any atom is 0.154 e. The van der Waals surface area contributed by atoms with Gasteiger partial charge in [-0.1, -0.05) is 25.6 Å². The van der Waals surface area contributed by atoms with Crippen LogP contribution in [0.5, 0.6) is 0 Å². The van der Waals surface area contributed by atoms with E-state index in [1.165, 1.54) is 11.8 Å². The molecule has 19 heavy (non-hydrogen) atoms. The van der Waals surface area contributed by atoms with E-state index in [4.69, 9.17) is 0 Å². The monoisotopic (exact) mass is 302 g/mol. The number of aryl methyl sites for hydroxylation is 1. The molecule has 1 N–H and O–H groups in total. The van der Waals surface area contributed by atoms with Crippen molar-refractivity contribution >= 4 is 21.6 Å². The summed E-state index contributed by atoms with van der Waals surface area (Å²) in [6.45, 7) is 5.91. The highest BCUT2D eigenvalue weighted by molar-refractivity contribution is 8.01. The Morgan fingerprint density at radius 2 is 2.05 bits per heavy atom. The van der Waals surface area contributed by atoms with E-state index in [1.807, 2.05) is 26.8 Å². The van der Waals surface area contributed by atoms with Crippen molar-refractivity contribution in [2.45, 2.75) is 43.1 Å². The van der Waals surface area contributed by atoms with Gasteiger partial charge in [0, 0.05) is 11.6 Å². The Labute approximate surface area is 117 Å². The predicted octanol–water partition coefficient (Wildman–Crippen LogP) is 1.16. The second-order valence-corrected chi connectivity index (χ2v) is 8.57. The van der Waals surface area contributed by atoms with Gasteiger partial charge < -0.3 is 5.11 Å². The molecule has 0 aliphatic carbocycles. The first-order valence-corrected chi connectivity index (χ1v) is 8.87. The van der Waals surface area contributed by atoms with Gasteiger partial charge in [0.15, 0.2) is 9.84 Å². The summed E-state index contributed by atoms with van der Waals surface area (Å²) >= 11 is 1.33. The van der Waals surface area contributed by atoms with Crippen molar-refractivity contribution in [2.24, 2.45) is 0 Å². The Bertz CT molecular complexity index is 572. The number of hydrogen-bond acceptors (Lipinski definition) is 6. The molecule has 2 atom stereocenters. The van der Waals surface area contributed by atoms with Crippen molar-refractivity contribution < 1.29 is 13.5 Å². The zero-order chi connectivity index (χ0) is 14.2. The highest BCUT2D eigenvalue weighted by Gasteiger charge is 2.37. The van der Waals surface area contributed by atoms with Crippen LogP contribution < -0.4 is 0 Å². The fraction of sp³-hybridized carbons (Fsp3) is 0.667. The first-order valence-electron chi connectivity index (χ1n) is 6.17. The Morgan fingerprint density at radius 1 is 1.37 bits per heavy atom. The molecule has 2 rings (SSSR count). The maximum atomic E-state index is 11.5. The first kappa shape index (κ1) is 14.7. The van der Waals surface area contributed by atoms with Gasteiger partial charge in [0.05, 0.1) is 22.9 Å². The molecular formula is C12H18N2O3S2. The summed E-state index contributed by atoms with van der Waals surface area (Å²) in [4.78, 5) is 8.78. The Balaban J connectivity index is 2.20. The largest absolute Gasteiger partial charge is 0.391 e. The molecule has 1 aromatic heterocycles. The fourth-order valence-electron chi connectivity index (χ4n) is 1.94. The minimum absolute atomic E-state index is 0.0128. The van der Waals surface area contributed by atoms with Crippen LogP contribution in [-0.2, 0) is 9.84 Å². The third-order valence-corrected chi connectivity index (χ3v) is 6.07. The van der Waals surface area contributed by atoms with Crippen LogP contribution in [-0.4, -0.2) is 46.4 Å². The summed E-state index contributed by atoms with van der Waals surface area (Å²) < 4.78 is 23.0. The van der Waals surface area contributed by atoms with Crippen LogP contribution in [0.4, 0.5) is 0 Å². The van der Waals surface area contributed by atoms with E-state index in [1.54, 1.807) is 0 Å². The van der Waals surface area contributed by atoms with Crippen molar-refractivity contribution in [1.82, 2.24) is 9.97 Å². The number of aromatic nitrogens is 2. The molecule has 1 aliphatic rings. The van der Waals surface area contributed by atoms with Crippen LogP contribution in [0.3, 0.4) is 0 Å². The van der Waals surface area contributed by atoms with Crippen molar-refractivity contribution in [1.29, 1.82) is 0 Å². The Kier molecular flexibility index (Phi) is 4.17. The standard InChI is InChI=1S/C12H18N2O3S2/c1-7(2)12-13-8(3)4-11(14-12)18-10-6-19(16,17)5-9(10)15/h4,7,9-10,15H,5-6H2,1-3H3/t9-,10+/m1/s1. The second kappa shape index (κ2) is 5.38. The lowest BCUT2D eigenvalue weighted by Crippen LogP contribution is -2.20. The number of rotatable bonds is 3. The molecule has 1 aliphatic heterocycles. The number of aliphatic hydroxyl groups excluding tert-OH is 1. The normalized spacial score (nSPS) is 25.9. The molecule has 5 nitrogen and oxygen atoms in total. The molecular weight excluding hydrogens is 284 g/mol. The third kappa shape index (κ3) is 3.67. The zero-order valence-corrected chi connectivity index (χ0v) is 12.8. The smallest absolute Gasteiger partial charge is 0.154 e. The van der Waals surface area contributed by atoms with Crippen molar-refractivity contribution in [3.63, 3.8) is 0 Å². The van der Waals surface area contributed by atoms with Crippen LogP contribution in [0.25, 0.3) is 0 Å². The molecule has 2 heterocycles. The summed E-state index contributed by atoms with van der Waals surface area (Å²) in [5.41, 5.74) is 0.858. The molecule has 1 aromatic rings. The van der Waals surface area contributed by atoms with E-state index >= 15 is 0 Å². The van der Waals surface area contributed by atoms with Gasteiger partial charge in [0.25, 0.3) is 0 Å². The summed E-state index contributed by atoms with van der Waals surface area (Å²) in [5.74, 6) is 0.833. The molecule has 7 heteroatoms. The van der Waals surface area contributed by atoms with E-state index in [0.29, 0.717) is 0 Å². The van der Waals surface area contributed by atoms with Crippen LogP contribution in [0, 0.1) is 6.92 Å². The highest BCUT2D eigenvalue weighted by Crippen LogP contribution is 2.31. The fourth-order valence-corrected chi connectivity index (χ4v) is 5.52. The summed E-state index contributed by atoms with van der Waals surface area (Å²) in [6, 6.07) is 1.83.